The molecule has 0 aliphatic carbocycles. The Morgan fingerprint density at radius 3 is 2.68 bits per heavy atom. The van der Waals surface area contributed by atoms with E-state index in [0.29, 0.717) is 5.69 Å². The molecule has 0 spiro atoms. The van der Waals surface area contributed by atoms with Crippen molar-refractivity contribution in [2.75, 3.05) is 29.1 Å². The summed E-state index contributed by atoms with van der Waals surface area (Å²) in [7, 11) is 0.134. The highest BCUT2D eigenvalue weighted by Crippen LogP contribution is 2.34. The second-order valence-corrected chi connectivity index (χ2v) is 6.47. The monoisotopic (exact) mass is 280 g/mol. The Morgan fingerprint density at radius 1 is 1.42 bits per heavy atom. The molecule has 102 valence electrons. The second kappa shape index (κ2) is 4.70. The molecule has 1 aliphatic rings. The largest absolute Gasteiger partial charge is 0.378 e. The van der Waals surface area contributed by atoms with Gasteiger partial charge in [0.05, 0.1) is 17.9 Å². The molecule has 1 aromatic carbocycles. The molecule has 0 bridgehead atoms. The van der Waals surface area contributed by atoms with Crippen molar-refractivity contribution in [1.29, 1.82) is 0 Å². The Balaban J connectivity index is 2.49. The Labute approximate surface area is 113 Å². The van der Waals surface area contributed by atoms with E-state index in [9.17, 15) is 13.2 Å². The summed E-state index contributed by atoms with van der Waals surface area (Å²) >= 11 is 0. The van der Waals surface area contributed by atoms with E-state index in [0.717, 1.165) is 15.6 Å². The highest BCUT2D eigenvalue weighted by Gasteiger charge is 2.35. The summed E-state index contributed by atoms with van der Waals surface area (Å²) in [5.74, 6) is -0.652. The maximum absolute atomic E-state index is 12.0. The maximum Gasteiger partial charge on any atom is 0.245 e. The van der Waals surface area contributed by atoms with Gasteiger partial charge in [-0.05, 0) is 23.8 Å². The van der Waals surface area contributed by atoms with E-state index in [4.69, 9.17) is 0 Å². The quantitative estimate of drug-likeness (QED) is 0.777. The molecular weight excluding hydrogens is 264 g/mol. The standard InChI is InChI=1S/C13H16N2O3S/c1-4-7-19(17,18)15-12-6-5-11(14(2)3)8-10(12)9-13(15)16/h4-6,8H,1,7,9H2,2-3H3. The second-order valence-electron chi connectivity index (χ2n) is 4.61. The van der Waals surface area contributed by atoms with Gasteiger partial charge in [0.15, 0.2) is 0 Å². The average molecular weight is 280 g/mol. The van der Waals surface area contributed by atoms with Crippen molar-refractivity contribution in [3.63, 3.8) is 0 Å². The van der Waals surface area contributed by atoms with Crippen molar-refractivity contribution < 1.29 is 13.2 Å². The van der Waals surface area contributed by atoms with Crippen LogP contribution in [0.2, 0.25) is 0 Å². The van der Waals surface area contributed by atoms with Crippen molar-refractivity contribution in [3.8, 4) is 0 Å². The Hall–Kier alpha value is -1.82. The van der Waals surface area contributed by atoms with Gasteiger partial charge in [-0.2, -0.15) is 0 Å². The van der Waals surface area contributed by atoms with Crippen LogP contribution in [0, 0.1) is 0 Å². The van der Waals surface area contributed by atoms with Crippen LogP contribution in [0.25, 0.3) is 0 Å². The summed E-state index contributed by atoms with van der Waals surface area (Å²) in [6.07, 6.45) is 1.40. The number of carbonyl (C=O) groups excluding carboxylic acids is 1. The van der Waals surface area contributed by atoms with E-state index >= 15 is 0 Å². The molecule has 0 saturated heterocycles. The molecule has 1 amide bonds. The van der Waals surface area contributed by atoms with Crippen LogP contribution < -0.4 is 9.21 Å². The normalized spacial score (nSPS) is 14.4. The number of fused-ring (bicyclic) bond motifs is 1. The molecule has 0 radical (unpaired) electrons. The zero-order valence-electron chi connectivity index (χ0n) is 11.0. The first-order chi connectivity index (χ1) is 8.86. The lowest BCUT2D eigenvalue weighted by molar-refractivity contribution is -0.116. The van der Waals surface area contributed by atoms with Crippen LogP contribution in [-0.2, 0) is 21.2 Å². The number of benzene rings is 1. The molecule has 0 aromatic heterocycles. The minimum absolute atomic E-state index is 0.118. The van der Waals surface area contributed by atoms with Crippen LogP contribution in [0.1, 0.15) is 5.56 Å². The SMILES string of the molecule is C=CCS(=O)(=O)N1C(=O)Cc2cc(N(C)C)ccc21. The van der Waals surface area contributed by atoms with Crippen LogP contribution >= 0.6 is 0 Å². The van der Waals surface area contributed by atoms with Gasteiger partial charge in [0.2, 0.25) is 15.9 Å². The molecule has 0 unspecified atom stereocenters. The van der Waals surface area contributed by atoms with Crippen molar-refractivity contribution in [3.05, 3.63) is 36.4 Å². The minimum atomic E-state index is -3.65. The average Bonchev–Trinajstić information content (AvgIpc) is 2.63. The van der Waals surface area contributed by atoms with Crippen molar-refractivity contribution in [1.82, 2.24) is 0 Å². The number of sulfonamides is 1. The topological polar surface area (TPSA) is 57.7 Å². The fourth-order valence-electron chi connectivity index (χ4n) is 2.09. The van der Waals surface area contributed by atoms with E-state index in [1.165, 1.54) is 6.08 Å². The molecule has 0 fully saturated rings. The summed E-state index contributed by atoms with van der Waals surface area (Å²) in [6, 6.07) is 5.32. The van der Waals surface area contributed by atoms with E-state index in [1.54, 1.807) is 12.1 Å². The van der Waals surface area contributed by atoms with Crippen LogP contribution in [-0.4, -0.2) is 34.2 Å². The lowest BCUT2D eigenvalue weighted by atomic mass is 10.1. The molecule has 6 heteroatoms. The van der Waals surface area contributed by atoms with Gasteiger partial charge in [0, 0.05) is 19.8 Å². The van der Waals surface area contributed by atoms with Gasteiger partial charge in [-0.15, -0.1) is 6.58 Å². The van der Waals surface area contributed by atoms with Crippen LogP contribution in [0.15, 0.2) is 30.9 Å². The molecule has 1 aromatic rings. The van der Waals surface area contributed by atoms with Crippen LogP contribution in [0.3, 0.4) is 0 Å². The van der Waals surface area contributed by atoms with Crippen LogP contribution in [0.4, 0.5) is 11.4 Å². The Morgan fingerprint density at radius 2 is 2.11 bits per heavy atom. The van der Waals surface area contributed by atoms with Crippen molar-refractivity contribution in [2.45, 2.75) is 6.42 Å². The molecule has 2 rings (SSSR count). The van der Waals surface area contributed by atoms with Gasteiger partial charge in [-0.1, -0.05) is 6.08 Å². The maximum atomic E-state index is 12.0. The molecule has 1 aliphatic heterocycles. The highest BCUT2D eigenvalue weighted by atomic mass is 32.2. The van der Waals surface area contributed by atoms with E-state index < -0.39 is 15.9 Å². The molecule has 0 N–H and O–H groups in total. The minimum Gasteiger partial charge on any atom is -0.378 e. The smallest absolute Gasteiger partial charge is 0.245 e. The van der Waals surface area contributed by atoms with Gasteiger partial charge in [0.1, 0.15) is 0 Å². The number of nitrogens with zero attached hydrogens (tertiary/aromatic N) is 2. The first-order valence-electron chi connectivity index (χ1n) is 5.84. The van der Waals surface area contributed by atoms with E-state index in [2.05, 4.69) is 6.58 Å². The predicted molar refractivity (Wildman–Crippen MR) is 75.9 cm³/mol. The fourth-order valence-corrected chi connectivity index (χ4v) is 3.39. The number of rotatable bonds is 4. The number of carbonyl (C=O) groups is 1. The van der Waals surface area contributed by atoms with E-state index in [-0.39, 0.29) is 12.2 Å². The molecule has 19 heavy (non-hydrogen) atoms. The Bertz CT molecular complexity index is 635. The first-order valence-corrected chi connectivity index (χ1v) is 7.44. The Kier molecular flexibility index (Phi) is 3.36. The fraction of sp³-hybridized carbons (Fsp3) is 0.308. The molecule has 0 atom stereocenters. The first kappa shape index (κ1) is 13.6. The van der Waals surface area contributed by atoms with Gasteiger partial charge in [-0.25, -0.2) is 12.7 Å². The van der Waals surface area contributed by atoms with Gasteiger partial charge >= 0.3 is 0 Å². The summed E-state index contributed by atoms with van der Waals surface area (Å²) in [5, 5.41) is 0. The third kappa shape index (κ3) is 2.35. The van der Waals surface area contributed by atoms with Crippen LogP contribution in [0.5, 0.6) is 0 Å². The summed E-state index contributed by atoms with van der Waals surface area (Å²) < 4.78 is 25.0. The number of hydrogen-bond donors (Lipinski definition) is 0. The van der Waals surface area contributed by atoms with Gasteiger partial charge in [0.25, 0.3) is 0 Å². The third-order valence-corrected chi connectivity index (χ3v) is 4.59. The summed E-state index contributed by atoms with van der Waals surface area (Å²) in [5.41, 5.74) is 2.14. The third-order valence-electron chi connectivity index (χ3n) is 2.97. The highest BCUT2D eigenvalue weighted by molar-refractivity contribution is 7.93. The zero-order chi connectivity index (χ0) is 14.2. The molecule has 1 heterocycles. The number of anilines is 2. The molecular formula is C13H16N2O3S. The summed E-state index contributed by atoms with van der Waals surface area (Å²) in [6.45, 7) is 3.41. The van der Waals surface area contributed by atoms with Gasteiger partial charge < -0.3 is 4.90 Å². The molecule has 5 nitrogen and oxygen atoms in total. The predicted octanol–water partition coefficient (Wildman–Crippen LogP) is 1.16. The lowest BCUT2D eigenvalue weighted by Crippen LogP contribution is -2.35. The lowest BCUT2D eigenvalue weighted by Gasteiger charge is -2.18. The van der Waals surface area contributed by atoms with Crippen molar-refractivity contribution in [2.24, 2.45) is 0 Å². The molecule has 0 saturated carbocycles. The van der Waals surface area contributed by atoms with E-state index in [1.807, 2.05) is 25.1 Å². The zero-order valence-corrected chi connectivity index (χ0v) is 11.8. The van der Waals surface area contributed by atoms with Crippen molar-refractivity contribution >= 4 is 27.3 Å². The number of hydrogen-bond acceptors (Lipinski definition) is 4. The van der Waals surface area contributed by atoms with Gasteiger partial charge in [-0.3, -0.25) is 4.79 Å². The summed E-state index contributed by atoms with van der Waals surface area (Å²) in [4.78, 5) is 13.8. The number of amides is 1.